The topological polar surface area (TPSA) is 57.0 Å². The van der Waals surface area contributed by atoms with Crippen LogP contribution in [0.3, 0.4) is 0 Å². The van der Waals surface area contributed by atoms with Crippen molar-refractivity contribution in [3.05, 3.63) is 30.1 Å². The van der Waals surface area contributed by atoms with Crippen LogP contribution in [-0.4, -0.2) is 28.9 Å². The van der Waals surface area contributed by atoms with E-state index in [9.17, 15) is 4.79 Å². The van der Waals surface area contributed by atoms with Crippen LogP contribution in [0, 0.1) is 17.2 Å². The van der Waals surface area contributed by atoms with E-state index >= 15 is 0 Å². The van der Waals surface area contributed by atoms with Crippen LogP contribution in [0.2, 0.25) is 0 Å². The lowest BCUT2D eigenvalue weighted by Gasteiger charge is -2.18. The molecule has 0 aliphatic carbocycles. The van der Waals surface area contributed by atoms with E-state index in [1.54, 1.807) is 17.3 Å². The van der Waals surface area contributed by atoms with Crippen molar-refractivity contribution in [3.63, 3.8) is 0 Å². The van der Waals surface area contributed by atoms with Crippen molar-refractivity contribution in [1.82, 2.24) is 9.88 Å². The lowest BCUT2D eigenvalue weighted by Crippen LogP contribution is -2.34. The first-order chi connectivity index (χ1) is 8.31. The lowest BCUT2D eigenvalue weighted by atomic mass is 10.0. The van der Waals surface area contributed by atoms with E-state index in [1.165, 1.54) is 0 Å². The minimum absolute atomic E-state index is 0.0261. The van der Waals surface area contributed by atoms with Gasteiger partial charge in [0.05, 0.1) is 6.07 Å². The number of rotatable bonds is 3. The smallest absolute Gasteiger partial charge is 0.240 e. The minimum Gasteiger partial charge on any atom is -0.342 e. The monoisotopic (exact) mass is 229 g/mol. The molecule has 2 heterocycles. The third-order valence-corrected chi connectivity index (χ3v) is 3.06. The zero-order chi connectivity index (χ0) is 12.1. The molecule has 0 radical (unpaired) electrons. The third-order valence-electron chi connectivity index (χ3n) is 3.06. The molecule has 1 atom stereocenters. The second-order valence-corrected chi connectivity index (χ2v) is 4.27. The van der Waals surface area contributed by atoms with Gasteiger partial charge in [0.2, 0.25) is 5.91 Å². The molecule has 0 spiro atoms. The van der Waals surface area contributed by atoms with Crippen molar-refractivity contribution < 1.29 is 4.79 Å². The Morgan fingerprint density at radius 3 is 2.65 bits per heavy atom. The number of hydrogen-bond donors (Lipinski definition) is 0. The van der Waals surface area contributed by atoms with E-state index in [2.05, 4.69) is 11.1 Å². The van der Waals surface area contributed by atoms with E-state index in [4.69, 9.17) is 5.26 Å². The fourth-order valence-electron chi connectivity index (χ4n) is 2.10. The van der Waals surface area contributed by atoms with Crippen LogP contribution in [0.5, 0.6) is 0 Å². The average Bonchev–Trinajstić information content (AvgIpc) is 2.90. The zero-order valence-corrected chi connectivity index (χ0v) is 9.67. The minimum atomic E-state index is -0.560. The number of hydrogen-bond acceptors (Lipinski definition) is 3. The van der Waals surface area contributed by atoms with E-state index in [0.717, 1.165) is 31.5 Å². The predicted molar refractivity (Wildman–Crippen MR) is 62.9 cm³/mol. The molecule has 1 aliphatic heterocycles. The van der Waals surface area contributed by atoms with Gasteiger partial charge in [0.25, 0.3) is 0 Å². The van der Waals surface area contributed by atoms with Gasteiger partial charge < -0.3 is 4.90 Å². The summed E-state index contributed by atoms with van der Waals surface area (Å²) >= 11 is 0. The largest absolute Gasteiger partial charge is 0.342 e. The van der Waals surface area contributed by atoms with Crippen molar-refractivity contribution in [2.24, 2.45) is 5.92 Å². The van der Waals surface area contributed by atoms with Gasteiger partial charge in [-0.25, -0.2) is 0 Å². The highest BCUT2D eigenvalue weighted by molar-refractivity contribution is 5.81. The molecule has 1 aromatic rings. The number of likely N-dealkylation sites (tertiary alicyclic amines) is 1. The number of amides is 1. The van der Waals surface area contributed by atoms with Crippen molar-refractivity contribution in [1.29, 1.82) is 5.26 Å². The van der Waals surface area contributed by atoms with E-state index in [0.29, 0.717) is 6.42 Å². The molecule has 88 valence electrons. The summed E-state index contributed by atoms with van der Waals surface area (Å²) in [4.78, 5) is 17.8. The van der Waals surface area contributed by atoms with Crippen molar-refractivity contribution in [2.75, 3.05) is 13.1 Å². The molecule has 0 aromatic carbocycles. The molecule has 1 saturated heterocycles. The van der Waals surface area contributed by atoms with Crippen LogP contribution in [0.15, 0.2) is 24.5 Å². The van der Waals surface area contributed by atoms with Crippen molar-refractivity contribution >= 4 is 5.91 Å². The predicted octanol–water partition coefficient (Wildman–Crippen LogP) is 1.39. The zero-order valence-electron chi connectivity index (χ0n) is 9.67. The van der Waals surface area contributed by atoms with Gasteiger partial charge in [0, 0.05) is 25.5 Å². The van der Waals surface area contributed by atoms with E-state index in [-0.39, 0.29) is 5.91 Å². The van der Waals surface area contributed by atoms with E-state index in [1.807, 2.05) is 12.1 Å². The Kier molecular flexibility index (Phi) is 3.71. The maximum absolute atomic E-state index is 12.1. The van der Waals surface area contributed by atoms with Gasteiger partial charge in [-0.15, -0.1) is 0 Å². The summed E-state index contributed by atoms with van der Waals surface area (Å²) in [5.74, 6) is -0.586. The molecule has 4 nitrogen and oxygen atoms in total. The quantitative estimate of drug-likeness (QED) is 0.787. The lowest BCUT2D eigenvalue weighted by molar-refractivity contribution is -0.132. The summed E-state index contributed by atoms with van der Waals surface area (Å²) in [6.07, 6.45) is 5.96. The Hall–Kier alpha value is -1.89. The molecule has 1 fully saturated rings. The molecule has 0 saturated carbocycles. The van der Waals surface area contributed by atoms with Gasteiger partial charge in [-0.3, -0.25) is 9.78 Å². The van der Waals surface area contributed by atoms with Crippen LogP contribution >= 0.6 is 0 Å². The summed E-state index contributed by atoms with van der Waals surface area (Å²) in [6, 6.07) is 5.81. The first kappa shape index (κ1) is 11.6. The fraction of sp³-hybridized carbons (Fsp3) is 0.462. The van der Waals surface area contributed by atoms with Gasteiger partial charge in [-0.2, -0.15) is 5.26 Å². The fourth-order valence-corrected chi connectivity index (χ4v) is 2.10. The highest BCUT2D eigenvalue weighted by atomic mass is 16.2. The highest BCUT2D eigenvalue weighted by Crippen LogP contribution is 2.15. The Labute approximate surface area is 101 Å². The first-order valence-corrected chi connectivity index (χ1v) is 5.88. The van der Waals surface area contributed by atoms with Gasteiger partial charge in [0.1, 0.15) is 5.92 Å². The first-order valence-electron chi connectivity index (χ1n) is 5.88. The normalized spacial score (nSPS) is 16.5. The van der Waals surface area contributed by atoms with Crippen LogP contribution in [-0.2, 0) is 11.2 Å². The van der Waals surface area contributed by atoms with Gasteiger partial charge in [-0.05, 0) is 37.0 Å². The van der Waals surface area contributed by atoms with Gasteiger partial charge in [0.15, 0.2) is 0 Å². The van der Waals surface area contributed by atoms with Crippen molar-refractivity contribution in [3.8, 4) is 6.07 Å². The molecule has 1 unspecified atom stereocenters. The number of aromatic nitrogens is 1. The maximum Gasteiger partial charge on any atom is 0.240 e. The maximum atomic E-state index is 12.1. The van der Waals surface area contributed by atoms with Gasteiger partial charge >= 0.3 is 0 Å². The van der Waals surface area contributed by atoms with Crippen LogP contribution in [0.4, 0.5) is 0 Å². The average molecular weight is 229 g/mol. The van der Waals surface area contributed by atoms with Crippen LogP contribution in [0.25, 0.3) is 0 Å². The molecule has 1 aromatic heterocycles. The molecular formula is C13H15N3O. The Balaban J connectivity index is 2.02. The summed E-state index contributed by atoms with van der Waals surface area (Å²) in [5.41, 5.74) is 0.985. The number of pyridine rings is 1. The molecule has 0 bridgehead atoms. The summed E-state index contributed by atoms with van der Waals surface area (Å²) in [6.45, 7) is 1.60. The second-order valence-electron chi connectivity index (χ2n) is 4.27. The van der Waals surface area contributed by atoms with Gasteiger partial charge in [-0.1, -0.05) is 0 Å². The Morgan fingerprint density at radius 2 is 2.06 bits per heavy atom. The molecule has 0 N–H and O–H groups in total. The molecule has 2 rings (SSSR count). The van der Waals surface area contributed by atoms with Crippen LogP contribution < -0.4 is 0 Å². The van der Waals surface area contributed by atoms with E-state index < -0.39 is 5.92 Å². The summed E-state index contributed by atoms with van der Waals surface area (Å²) < 4.78 is 0. The summed E-state index contributed by atoms with van der Waals surface area (Å²) in [5, 5.41) is 9.10. The third kappa shape index (κ3) is 2.82. The number of nitriles is 1. The molecule has 1 amide bonds. The number of carbonyl (C=O) groups is 1. The standard InChI is InChI=1S/C13H15N3O/c14-10-12(9-11-3-5-15-6-4-11)13(17)16-7-1-2-8-16/h3-6,12H,1-2,7-9H2. The summed E-state index contributed by atoms with van der Waals surface area (Å²) in [7, 11) is 0. The Bertz CT molecular complexity index is 418. The SMILES string of the molecule is N#CC(Cc1ccncc1)C(=O)N1CCCC1. The molecule has 17 heavy (non-hydrogen) atoms. The number of carbonyl (C=O) groups excluding carboxylic acids is 1. The second kappa shape index (κ2) is 5.44. The molecule has 4 heteroatoms. The highest BCUT2D eigenvalue weighted by Gasteiger charge is 2.26. The molecule has 1 aliphatic rings. The molecular weight excluding hydrogens is 214 g/mol. The van der Waals surface area contributed by atoms with Crippen LogP contribution in [0.1, 0.15) is 18.4 Å². The van der Waals surface area contributed by atoms with Crippen molar-refractivity contribution in [2.45, 2.75) is 19.3 Å². The Morgan fingerprint density at radius 1 is 1.41 bits per heavy atom. The number of nitrogens with zero attached hydrogens (tertiary/aromatic N) is 3.